The molecule has 0 radical (unpaired) electrons. The number of carbonyl (C=O) groups is 1. The molecule has 1 aliphatic rings. The number of para-hydroxylation sites is 1. The van der Waals surface area contributed by atoms with Crippen LogP contribution in [0.5, 0.6) is 5.75 Å². The molecule has 0 aliphatic carbocycles. The molecule has 1 amide bonds. The van der Waals surface area contributed by atoms with Gasteiger partial charge in [-0.3, -0.25) is 19.0 Å². The number of hydrogen-bond acceptors (Lipinski definition) is 10. The average molecular weight is 675 g/mol. The highest BCUT2D eigenvalue weighted by Crippen LogP contribution is 2.37. The second kappa shape index (κ2) is 14.3. The number of benzene rings is 2. The van der Waals surface area contributed by atoms with Gasteiger partial charge in [0.25, 0.3) is 11.5 Å². The molecule has 1 fully saturated rings. The van der Waals surface area contributed by atoms with Gasteiger partial charge in [0.2, 0.25) is 5.89 Å². The third-order valence-corrected chi connectivity index (χ3v) is 9.86. The lowest BCUT2D eigenvalue weighted by Gasteiger charge is -2.30. The van der Waals surface area contributed by atoms with E-state index >= 15 is 0 Å². The maximum atomic E-state index is 14.6. The van der Waals surface area contributed by atoms with Crippen molar-refractivity contribution < 1.29 is 28.3 Å². The van der Waals surface area contributed by atoms with Crippen LogP contribution in [0.1, 0.15) is 49.5 Å². The number of aromatic nitrogens is 3. The Labute approximate surface area is 280 Å². The molecule has 12 nitrogen and oxygen atoms in total. The average Bonchev–Trinajstić information content (AvgIpc) is 3.75. The van der Waals surface area contributed by atoms with Gasteiger partial charge in [0, 0.05) is 18.8 Å². The van der Waals surface area contributed by atoms with Crippen LogP contribution in [0.25, 0.3) is 21.0 Å². The Balaban J connectivity index is 1.47. The van der Waals surface area contributed by atoms with Crippen LogP contribution in [0.4, 0.5) is 0 Å². The van der Waals surface area contributed by atoms with E-state index in [1.807, 2.05) is 54.6 Å². The number of thiophene rings is 1. The van der Waals surface area contributed by atoms with E-state index in [0.29, 0.717) is 53.0 Å². The topological polar surface area (TPSA) is 136 Å². The van der Waals surface area contributed by atoms with E-state index in [4.69, 9.17) is 23.5 Å². The van der Waals surface area contributed by atoms with Crippen LogP contribution in [0, 0.1) is 6.92 Å². The summed E-state index contributed by atoms with van der Waals surface area (Å²) in [6.07, 6.45) is 3.59. The van der Waals surface area contributed by atoms with Gasteiger partial charge in [-0.1, -0.05) is 48.5 Å². The molecule has 252 valence electrons. The number of amides is 1. The van der Waals surface area contributed by atoms with Gasteiger partial charge < -0.3 is 18.6 Å². The number of nitrogens with one attached hydrogen (secondary N) is 1. The van der Waals surface area contributed by atoms with Gasteiger partial charge in [-0.2, -0.15) is 0 Å². The Hall–Kier alpha value is -4.56. The van der Waals surface area contributed by atoms with Crippen LogP contribution in [-0.4, -0.2) is 46.5 Å². The van der Waals surface area contributed by atoms with Crippen molar-refractivity contribution in [1.82, 2.24) is 19.6 Å². The second-order valence-corrected chi connectivity index (χ2v) is 13.0. The first-order valence-electron chi connectivity index (χ1n) is 15.7. The summed E-state index contributed by atoms with van der Waals surface area (Å²) in [6.45, 7) is 6.08. The van der Waals surface area contributed by atoms with E-state index in [1.165, 1.54) is 42.2 Å². The van der Waals surface area contributed by atoms with Crippen molar-refractivity contribution in [2.75, 3.05) is 20.3 Å². The number of methoxy groups -OCH3 is 1. The SMILES string of the molecule is COc1ccccc1C(Cn1c(=O)n(C(C)(C)C(=O)NOCc2ccccc2)c(=O)c2c(C)c(-c3ncco3)sc21)OC1CCOCC1. The van der Waals surface area contributed by atoms with Crippen LogP contribution in [-0.2, 0) is 37.8 Å². The highest BCUT2D eigenvalue weighted by Gasteiger charge is 2.37. The molecule has 6 rings (SSSR count). The molecule has 0 saturated carbocycles. The molecule has 4 heterocycles. The lowest BCUT2D eigenvalue weighted by molar-refractivity contribution is -0.142. The summed E-state index contributed by atoms with van der Waals surface area (Å²) >= 11 is 1.23. The lowest BCUT2D eigenvalue weighted by atomic mass is 10.0. The molecule has 1 atom stereocenters. The van der Waals surface area contributed by atoms with Gasteiger partial charge in [0.15, 0.2) is 0 Å². The molecule has 13 heteroatoms. The fourth-order valence-electron chi connectivity index (χ4n) is 5.88. The Morgan fingerprint density at radius 2 is 1.83 bits per heavy atom. The fourth-order valence-corrected chi connectivity index (χ4v) is 7.12. The predicted molar refractivity (Wildman–Crippen MR) is 180 cm³/mol. The quantitative estimate of drug-likeness (QED) is 0.179. The minimum absolute atomic E-state index is 0.0283. The van der Waals surface area contributed by atoms with Crippen LogP contribution in [0.2, 0.25) is 0 Å². The Bertz CT molecular complexity index is 1990. The first kappa shape index (κ1) is 33.3. The number of hydroxylamine groups is 1. The van der Waals surface area contributed by atoms with Crippen molar-refractivity contribution in [3.05, 3.63) is 105 Å². The second-order valence-electron chi connectivity index (χ2n) is 12.1. The number of carbonyl (C=O) groups excluding carboxylic acids is 1. The molecule has 1 unspecified atom stereocenters. The molecule has 1 N–H and O–H groups in total. The number of ether oxygens (including phenoxy) is 3. The summed E-state index contributed by atoms with van der Waals surface area (Å²) in [5, 5.41) is 0.281. The molecular formula is C35H38N4O8S. The maximum absolute atomic E-state index is 14.6. The van der Waals surface area contributed by atoms with Crippen molar-refractivity contribution >= 4 is 27.5 Å². The van der Waals surface area contributed by atoms with Crippen molar-refractivity contribution in [3.63, 3.8) is 0 Å². The number of hydrogen-bond donors (Lipinski definition) is 1. The number of nitrogens with zero attached hydrogens (tertiary/aromatic N) is 3. The van der Waals surface area contributed by atoms with Gasteiger partial charge >= 0.3 is 5.69 Å². The largest absolute Gasteiger partial charge is 0.496 e. The van der Waals surface area contributed by atoms with Gasteiger partial charge in [-0.05, 0) is 50.8 Å². The Kier molecular flexibility index (Phi) is 9.92. The van der Waals surface area contributed by atoms with Crippen LogP contribution in [0.15, 0.2) is 81.1 Å². The maximum Gasteiger partial charge on any atom is 0.333 e. The first-order chi connectivity index (χ1) is 23.2. The number of fused-ring (bicyclic) bond motifs is 1. The van der Waals surface area contributed by atoms with E-state index in [-0.39, 0.29) is 24.6 Å². The highest BCUT2D eigenvalue weighted by molar-refractivity contribution is 7.22. The summed E-state index contributed by atoms with van der Waals surface area (Å²) in [4.78, 5) is 53.5. The third-order valence-electron chi connectivity index (χ3n) is 8.56. The van der Waals surface area contributed by atoms with Crippen LogP contribution in [0.3, 0.4) is 0 Å². The molecule has 0 bridgehead atoms. The minimum Gasteiger partial charge on any atom is -0.496 e. The van der Waals surface area contributed by atoms with Gasteiger partial charge in [0.1, 0.15) is 28.5 Å². The summed E-state index contributed by atoms with van der Waals surface area (Å²) in [6, 6.07) is 16.8. The zero-order valence-corrected chi connectivity index (χ0v) is 28.1. The Morgan fingerprint density at radius 1 is 1.10 bits per heavy atom. The molecule has 5 aromatic rings. The molecule has 48 heavy (non-hydrogen) atoms. The zero-order chi connectivity index (χ0) is 33.8. The van der Waals surface area contributed by atoms with E-state index in [2.05, 4.69) is 10.5 Å². The summed E-state index contributed by atoms with van der Waals surface area (Å²) < 4.78 is 26.1. The third kappa shape index (κ3) is 6.59. The summed E-state index contributed by atoms with van der Waals surface area (Å²) in [5.41, 5.74) is 1.68. The number of oxazole rings is 1. The highest BCUT2D eigenvalue weighted by atomic mass is 32.1. The van der Waals surface area contributed by atoms with E-state index in [0.717, 1.165) is 15.7 Å². The molecule has 1 aliphatic heterocycles. The number of rotatable bonds is 12. The van der Waals surface area contributed by atoms with Crippen molar-refractivity contribution in [2.45, 2.75) is 64.5 Å². The first-order valence-corrected chi connectivity index (χ1v) is 16.5. The summed E-state index contributed by atoms with van der Waals surface area (Å²) in [7, 11) is 1.58. The predicted octanol–water partition coefficient (Wildman–Crippen LogP) is 5.12. The Morgan fingerprint density at radius 3 is 2.54 bits per heavy atom. The van der Waals surface area contributed by atoms with Crippen molar-refractivity contribution in [1.29, 1.82) is 0 Å². The monoisotopic (exact) mass is 674 g/mol. The normalized spacial score (nSPS) is 14.7. The lowest BCUT2D eigenvalue weighted by Crippen LogP contribution is -2.55. The van der Waals surface area contributed by atoms with Crippen LogP contribution < -0.4 is 21.5 Å². The fraction of sp³-hybridized carbons (Fsp3) is 0.371. The summed E-state index contributed by atoms with van der Waals surface area (Å²) in [5.74, 6) is 0.263. The smallest absolute Gasteiger partial charge is 0.333 e. The van der Waals surface area contributed by atoms with Crippen molar-refractivity contribution in [3.8, 4) is 16.5 Å². The molecule has 2 aromatic carbocycles. The van der Waals surface area contributed by atoms with Gasteiger partial charge in [-0.25, -0.2) is 19.8 Å². The van der Waals surface area contributed by atoms with Crippen LogP contribution >= 0.6 is 11.3 Å². The van der Waals surface area contributed by atoms with E-state index in [9.17, 15) is 14.4 Å². The number of aryl methyl sites for hydroxylation is 1. The molecular weight excluding hydrogens is 636 g/mol. The molecule has 1 saturated heterocycles. The molecule has 0 spiro atoms. The van der Waals surface area contributed by atoms with E-state index < -0.39 is 28.8 Å². The van der Waals surface area contributed by atoms with Gasteiger partial charge in [-0.15, -0.1) is 11.3 Å². The van der Waals surface area contributed by atoms with Gasteiger partial charge in [0.05, 0.1) is 42.8 Å². The zero-order valence-electron chi connectivity index (χ0n) is 27.3. The standard InChI is InChI=1S/C35H38N4O8S/c1-22-28-31(40)39(35(2,3)33(41)37-46-21-23-10-6-5-7-11-23)34(42)38(32(28)48-29(22)30-36-16-19-45-30)20-27(47-24-14-17-44-18-15-24)25-12-8-9-13-26(25)43-4/h5-13,16,19,24,27H,14-15,17-18,20-21H2,1-4H3,(H,37,41). The molecule has 3 aromatic heterocycles. The minimum atomic E-state index is -1.65. The van der Waals surface area contributed by atoms with E-state index in [1.54, 1.807) is 14.0 Å². The van der Waals surface area contributed by atoms with Crippen molar-refractivity contribution in [2.24, 2.45) is 0 Å².